The Balaban J connectivity index is 2.50. The molecular formula is C12H22N2O4. The van der Waals surface area contributed by atoms with Gasteiger partial charge in [-0.1, -0.05) is 6.92 Å². The highest BCUT2D eigenvalue weighted by molar-refractivity contribution is 5.79. The summed E-state index contributed by atoms with van der Waals surface area (Å²) >= 11 is 0. The van der Waals surface area contributed by atoms with Gasteiger partial charge in [0, 0.05) is 26.7 Å². The minimum atomic E-state index is -0.814. The number of rotatable bonds is 5. The molecule has 1 heterocycles. The molecule has 1 aliphatic heterocycles. The molecule has 0 bridgehead atoms. The van der Waals surface area contributed by atoms with E-state index in [2.05, 4.69) is 5.32 Å². The quantitative estimate of drug-likeness (QED) is 0.768. The Morgan fingerprint density at radius 3 is 2.67 bits per heavy atom. The zero-order valence-electron chi connectivity index (χ0n) is 11.2. The average Bonchev–Trinajstić information content (AvgIpc) is 2.81. The minimum Gasteiger partial charge on any atom is -0.481 e. The number of aliphatic carboxylic acids is 1. The summed E-state index contributed by atoms with van der Waals surface area (Å²) in [5, 5.41) is 12.0. The fourth-order valence-electron chi connectivity index (χ4n) is 2.09. The number of carboxylic acid groups (broad SMARTS) is 1. The van der Waals surface area contributed by atoms with Crippen LogP contribution in [0.25, 0.3) is 0 Å². The molecule has 0 aromatic carbocycles. The van der Waals surface area contributed by atoms with Crippen LogP contribution in [0.3, 0.4) is 0 Å². The maximum Gasteiger partial charge on any atom is 0.317 e. The van der Waals surface area contributed by atoms with E-state index in [1.54, 1.807) is 12.0 Å². The van der Waals surface area contributed by atoms with Crippen molar-refractivity contribution in [2.24, 2.45) is 5.41 Å². The summed E-state index contributed by atoms with van der Waals surface area (Å²) in [7, 11) is 1.58. The van der Waals surface area contributed by atoms with Gasteiger partial charge in [0.05, 0.1) is 11.5 Å². The lowest BCUT2D eigenvalue weighted by molar-refractivity contribution is -0.148. The van der Waals surface area contributed by atoms with Crippen molar-refractivity contribution < 1.29 is 19.4 Å². The molecule has 0 aromatic rings. The normalized spacial score (nSPS) is 24.9. The predicted octanol–water partition coefficient (Wildman–Crippen LogP) is 0.918. The fraction of sp³-hybridized carbons (Fsp3) is 0.833. The van der Waals surface area contributed by atoms with Crippen molar-refractivity contribution >= 4 is 12.0 Å². The van der Waals surface area contributed by atoms with Crippen LogP contribution in [0.2, 0.25) is 0 Å². The van der Waals surface area contributed by atoms with Crippen LogP contribution in [-0.2, 0) is 9.53 Å². The first-order valence-electron chi connectivity index (χ1n) is 6.24. The van der Waals surface area contributed by atoms with Gasteiger partial charge in [0.1, 0.15) is 0 Å². The Morgan fingerprint density at radius 2 is 2.22 bits per heavy atom. The highest BCUT2D eigenvalue weighted by atomic mass is 16.5. The maximum absolute atomic E-state index is 11.9. The number of carboxylic acids is 1. The lowest BCUT2D eigenvalue weighted by Crippen LogP contribution is -2.43. The second kappa shape index (κ2) is 6.04. The number of methoxy groups -OCH3 is 1. The Hall–Kier alpha value is -1.30. The number of urea groups is 1. The number of hydrogen-bond donors (Lipinski definition) is 2. The third kappa shape index (κ3) is 3.13. The van der Waals surface area contributed by atoms with Gasteiger partial charge in [0.25, 0.3) is 0 Å². The van der Waals surface area contributed by atoms with Crippen molar-refractivity contribution in [1.29, 1.82) is 0 Å². The number of carbonyl (C=O) groups is 2. The van der Waals surface area contributed by atoms with Gasteiger partial charge >= 0.3 is 12.0 Å². The van der Waals surface area contributed by atoms with Gasteiger partial charge in [-0.05, 0) is 19.8 Å². The maximum atomic E-state index is 11.9. The molecule has 0 saturated carbocycles. The third-order valence-corrected chi connectivity index (χ3v) is 3.71. The van der Waals surface area contributed by atoms with Crippen molar-refractivity contribution in [1.82, 2.24) is 10.2 Å². The number of carbonyl (C=O) groups excluding carboxylic acids is 1. The first-order chi connectivity index (χ1) is 8.45. The van der Waals surface area contributed by atoms with Crippen molar-refractivity contribution in [3.63, 3.8) is 0 Å². The molecule has 1 aliphatic rings. The molecule has 0 aromatic heterocycles. The summed E-state index contributed by atoms with van der Waals surface area (Å²) < 4.78 is 5.04. The van der Waals surface area contributed by atoms with Crippen LogP contribution < -0.4 is 5.32 Å². The largest absolute Gasteiger partial charge is 0.481 e. The van der Waals surface area contributed by atoms with Gasteiger partial charge < -0.3 is 20.1 Å². The predicted molar refractivity (Wildman–Crippen MR) is 66.4 cm³/mol. The first kappa shape index (κ1) is 14.8. The zero-order chi connectivity index (χ0) is 13.8. The van der Waals surface area contributed by atoms with Crippen LogP contribution in [0.1, 0.15) is 26.7 Å². The highest BCUT2D eigenvalue weighted by Crippen LogP contribution is 2.34. The van der Waals surface area contributed by atoms with Crippen molar-refractivity contribution in [3.8, 4) is 0 Å². The Kier molecular flexibility index (Phi) is 4.95. The van der Waals surface area contributed by atoms with Crippen molar-refractivity contribution in [2.45, 2.75) is 32.8 Å². The van der Waals surface area contributed by atoms with Gasteiger partial charge in [-0.2, -0.15) is 0 Å². The van der Waals surface area contributed by atoms with Crippen LogP contribution >= 0.6 is 0 Å². The van der Waals surface area contributed by atoms with E-state index in [4.69, 9.17) is 4.74 Å². The summed E-state index contributed by atoms with van der Waals surface area (Å²) in [6.45, 7) is 4.91. The molecule has 6 heteroatoms. The van der Waals surface area contributed by atoms with E-state index in [0.29, 0.717) is 25.9 Å². The molecule has 0 radical (unpaired) electrons. The van der Waals surface area contributed by atoms with E-state index in [-0.39, 0.29) is 18.7 Å². The van der Waals surface area contributed by atoms with Crippen molar-refractivity contribution in [3.05, 3.63) is 0 Å². The SMILES string of the molecule is CCC1(C(=O)O)CCN(C(=O)NCC(C)OC)C1. The Bertz CT molecular complexity index is 321. The van der Waals surface area contributed by atoms with Crippen molar-refractivity contribution in [2.75, 3.05) is 26.7 Å². The number of hydrogen-bond acceptors (Lipinski definition) is 3. The topological polar surface area (TPSA) is 78.9 Å². The van der Waals surface area contributed by atoms with Gasteiger partial charge in [-0.25, -0.2) is 4.79 Å². The van der Waals surface area contributed by atoms with Crippen LogP contribution in [0, 0.1) is 5.41 Å². The zero-order valence-corrected chi connectivity index (χ0v) is 11.2. The summed E-state index contributed by atoms with van der Waals surface area (Å²) in [6.07, 6.45) is 1.01. The average molecular weight is 258 g/mol. The number of likely N-dealkylation sites (tertiary alicyclic amines) is 1. The monoisotopic (exact) mass is 258 g/mol. The van der Waals surface area contributed by atoms with Gasteiger partial charge in [0.15, 0.2) is 0 Å². The molecule has 18 heavy (non-hydrogen) atoms. The van der Waals surface area contributed by atoms with E-state index in [9.17, 15) is 14.7 Å². The molecule has 1 rings (SSSR count). The first-order valence-corrected chi connectivity index (χ1v) is 6.24. The minimum absolute atomic E-state index is 0.0491. The van der Waals surface area contributed by atoms with E-state index in [1.807, 2.05) is 13.8 Å². The lowest BCUT2D eigenvalue weighted by atomic mass is 9.84. The molecule has 1 fully saturated rings. The van der Waals surface area contributed by atoms with Crippen LogP contribution in [-0.4, -0.2) is 54.9 Å². The third-order valence-electron chi connectivity index (χ3n) is 3.71. The summed E-state index contributed by atoms with van der Waals surface area (Å²) in [5.41, 5.74) is -0.774. The molecular weight excluding hydrogens is 236 g/mol. The molecule has 1 saturated heterocycles. The molecule has 6 nitrogen and oxygen atoms in total. The molecule has 0 spiro atoms. The summed E-state index contributed by atoms with van der Waals surface area (Å²) in [6, 6.07) is -0.213. The summed E-state index contributed by atoms with van der Waals surface area (Å²) in [5.74, 6) is -0.814. The van der Waals surface area contributed by atoms with Crippen LogP contribution in [0.15, 0.2) is 0 Å². The van der Waals surface area contributed by atoms with Gasteiger partial charge in [-0.3, -0.25) is 4.79 Å². The number of ether oxygens (including phenoxy) is 1. The van der Waals surface area contributed by atoms with E-state index < -0.39 is 11.4 Å². The molecule has 104 valence electrons. The van der Waals surface area contributed by atoms with E-state index in [0.717, 1.165) is 0 Å². The fourth-order valence-corrected chi connectivity index (χ4v) is 2.09. The Labute approximate surface area is 107 Å². The number of amides is 2. The standard InChI is InChI=1S/C12H22N2O4/c1-4-12(10(15)16)5-6-14(8-12)11(17)13-7-9(2)18-3/h9H,4-8H2,1-3H3,(H,13,17)(H,15,16). The lowest BCUT2D eigenvalue weighted by Gasteiger charge is -2.23. The Morgan fingerprint density at radius 1 is 1.56 bits per heavy atom. The number of nitrogens with one attached hydrogen (secondary N) is 1. The van der Waals surface area contributed by atoms with Gasteiger partial charge in [0.2, 0.25) is 0 Å². The van der Waals surface area contributed by atoms with E-state index in [1.165, 1.54) is 0 Å². The molecule has 0 aliphatic carbocycles. The number of nitrogens with zero attached hydrogens (tertiary/aromatic N) is 1. The van der Waals surface area contributed by atoms with Crippen LogP contribution in [0.5, 0.6) is 0 Å². The van der Waals surface area contributed by atoms with E-state index >= 15 is 0 Å². The molecule has 2 atom stereocenters. The molecule has 2 amide bonds. The van der Waals surface area contributed by atoms with Gasteiger partial charge in [-0.15, -0.1) is 0 Å². The molecule has 2 unspecified atom stereocenters. The second-order valence-electron chi connectivity index (χ2n) is 4.84. The summed E-state index contributed by atoms with van der Waals surface area (Å²) in [4.78, 5) is 24.7. The smallest absolute Gasteiger partial charge is 0.317 e. The highest BCUT2D eigenvalue weighted by Gasteiger charge is 2.44. The second-order valence-corrected chi connectivity index (χ2v) is 4.84. The molecule has 2 N–H and O–H groups in total. The van der Waals surface area contributed by atoms with Crippen LogP contribution in [0.4, 0.5) is 4.79 Å².